The molecule has 0 aliphatic carbocycles. The van der Waals surface area contributed by atoms with Gasteiger partial charge in [-0.05, 0) is 19.4 Å². The Balaban J connectivity index is 1.79. The predicted octanol–water partition coefficient (Wildman–Crippen LogP) is 2.90. The number of likely N-dealkylation sites (tertiary alicyclic amines) is 1. The molecule has 4 nitrogen and oxygen atoms in total. The molecule has 1 amide bonds. The van der Waals surface area contributed by atoms with Gasteiger partial charge in [-0.2, -0.15) is 0 Å². The van der Waals surface area contributed by atoms with Gasteiger partial charge in [0.2, 0.25) is 0 Å². The van der Waals surface area contributed by atoms with E-state index in [4.69, 9.17) is 4.42 Å². The molecule has 1 saturated heterocycles. The number of alkyl halides is 1. The normalized spacial score (nSPS) is 19.1. The van der Waals surface area contributed by atoms with Crippen LogP contribution < -0.4 is 0 Å². The molecule has 1 aliphatic heterocycles. The summed E-state index contributed by atoms with van der Waals surface area (Å²) in [7, 11) is 0. The lowest BCUT2D eigenvalue weighted by atomic mass is 10.2. The summed E-state index contributed by atoms with van der Waals surface area (Å²) in [5.41, 5.74) is 1.18. The Morgan fingerprint density at radius 1 is 1.63 bits per heavy atom. The average molecular weight is 280 g/mol. The Morgan fingerprint density at radius 3 is 3.11 bits per heavy atom. The minimum atomic E-state index is -0.906. The molecule has 1 fully saturated rings. The fraction of sp³-hybridized carbons (Fsp3) is 0.385. The Morgan fingerprint density at radius 2 is 2.47 bits per heavy atom. The maximum atomic E-state index is 13.1. The molecular formula is C13H13FN2O2S. The summed E-state index contributed by atoms with van der Waals surface area (Å²) >= 11 is 1.53. The van der Waals surface area contributed by atoms with Crippen molar-refractivity contribution in [1.29, 1.82) is 0 Å². The van der Waals surface area contributed by atoms with Gasteiger partial charge in [0.15, 0.2) is 5.76 Å². The smallest absolute Gasteiger partial charge is 0.257 e. The number of halogens is 1. The second-order valence-corrected chi connectivity index (χ2v) is 5.65. The fourth-order valence-electron chi connectivity index (χ4n) is 2.14. The van der Waals surface area contributed by atoms with Crippen LogP contribution in [0.15, 0.2) is 22.1 Å². The highest BCUT2D eigenvalue weighted by Crippen LogP contribution is 2.25. The highest BCUT2D eigenvalue weighted by Gasteiger charge is 2.27. The number of carbonyl (C=O) groups excluding carboxylic acids is 1. The van der Waals surface area contributed by atoms with Crippen molar-refractivity contribution in [3.63, 3.8) is 0 Å². The molecule has 0 N–H and O–H groups in total. The Bertz CT molecular complexity index is 607. The minimum absolute atomic E-state index is 0.176. The Hall–Kier alpha value is -1.69. The summed E-state index contributed by atoms with van der Waals surface area (Å²) in [6.07, 6.45) is 0.927. The van der Waals surface area contributed by atoms with E-state index in [0.717, 1.165) is 10.7 Å². The van der Waals surface area contributed by atoms with Gasteiger partial charge in [0.05, 0.1) is 17.1 Å². The number of aromatic nitrogens is 1. The quantitative estimate of drug-likeness (QED) is 0.849. The van der Waals surface area contributed by atoms with Gasteiger partial charge in [-0.25, -0.2) is 9.37 Å². The van der Waals surface area contributed by atoms with Crippen molar-refractivity contribution >= 4 is 17.2 Å². The van der Waals surface area contributed by atoms with Crippen molar-refractivity contribution in [1.82, 2.24) is 9.88 Å². The first-order valence-corrected chi connectivity index (χ1v) is 6.96. The fourth-order valence-corrected chi connectivity index (χ4v) is 2.75. The van der Waals surface area contributed by atoms with Crippen LogP contribution in [0.1, 0.15) is 21.8 Å². The van der Waals surface area contributed by atoms with Crippen LogP contribution >= 0.6 is 11.3 Å². The van der Waals surface area contributed by atoms with Crippen LogP contribution in [0.4, 0.5) is 4.39 Å². The second-order valence-electron chi connectivity index (χ2n) is 4.59. The zero-order valence-electron chi connectivity index (χ0n) is 10.4. The van der Waals surface area contributed by atoms with Crippen LogP contribution in [0.3, 0.4) is 0 Å². The maximum absolute atomic E-state index is 13.1. The van der Waals surface area contributed by atoms with Gasteiger partial charge >= 0.3 is 0 Å². The van der Waals surface area contributed by atoms with Crippen LogP contribution in [0, 0.1) is 6.92 Å². The molecule has 3 heterocycles. The third-order valence-electron chi connectivity index (χ3n) is 3.14. The lowest BCUT2D eigenvalue weighted by Crippen LogP contribution is -2.28. The molecule has 2 aromatic heterocycles. The molecule has 0 unspecified atom stereocenters. The number of nitrogens with zero attached hydrogens (tertiary/aromatic N) is 2. The van der Waals surface area contributed by atoms with E-state index in [1.807, 2.05) is 12.3 Å². The maximum Gasteiger partial charge on any atom is 0.257 e. The van der Waals surface area contributed by atoms with Gasteiger partial charge in [0.25, 0.3) is 5.91 Å². The first-order valence-electron chi connectivity index (χ1n) is 6.08. The van der Waals surface area contributed by atoms with Crippen molar-refractivity contribution in [2.24, 2.45) is 0 Å². The monoisotopic (exact) mass is 280 g/mol. The molecule has 3 rings (SSSR count). The zero-order chi connectivity index (χ0) is 13.4. The van der Waals surface area contributed by atoms with Crippen LogP contribution in [-0.2, 0) is 0 Å². The minimum Gasteiger partial charge on any atom is -0.462 e. The van der Waals surface area contributed by atoms with Gasteiger partial charge in [0, 0.05) is 11.9 Å². The Labute approximate surface area is 113 Å². The van der Waals surface area contributed by atoms with Crippen molar-refractivity contribution in [3.8, 4) is 11.5 Å². The van der Waals surface area contributed by atoms with Crippen LogP contribution in [0.25, 0.3) is 11.5 Å². The molecule has 19 heavy (non-hydrogen) atoms. The number of furan rings is 1. The lowest BCUT2D eigenvalue weighted by molar-refractivity contribution is 0.0782. The molecule has 1 atom stereocenters. The summed E-state index contributed by atoms with van der Waals surface area (Å²) < 4.78 is 18.5. The Kier molecular flexibility index (Phi) is 3.10. The van der Waals surface area contributed by atoms with Crippen molar-refractivity contribution in [2.45, 2.75) is 19.5 Å². The van der Waals surface area contributed by atoms with E-state index >= 15 is 0 Å². The lowest BCUT2D eigenvalue weighted by Gasteiger charge is -2.13. The average Bonchev–Trinajstić information content (AvgIpc) is 3.07. The van der Waals surface area contributed by atoms with Gasteiger partial charge in [0.1, 0.15) is 18.1 Å². The number of hydrogen-bond donors (Lipinski definition) is 0. The zero-order valence-corrected chi connectivity index (χ0v) is 11.2. The molecule has 0 saturated carbocycles. The van der Waals surface area contributed by atoms with E-state index in [1.165, 1.54) is 22.5 Å². The predicted molar refractivity (Wildman–Crippen MR) is 70.0 cm³/mol. The second kappa shape index (κ2) is 4.77. The number of amides is 1. The number of hydrogen-bond acceptors (Lipinski definition) is 4. The molecule has 0 aromatic carbocycles. The third kappa shape index (κ3) is 2.40. The highest BCUT2D eigenvalue weighted by atomic mass is 32.1. The molecule has 0 spiro atoms. The van der Waals surface area contributed by atoms with E-state index in [-0.39, 0.29) is 12.5 Å². The van der Waals surface area contributed by atoms with Crippen molar-refractivity contribution < 1.29 is 13.6 Å². The highest BCUT2D eigenvalue weighted by molar-refractivity contribution is 7.09. The van der Waals surface area contributed by atoms with Crippen LogP contribution in [0.5, 0.6) is 0 Å². The van der Waals surface area contributed by atoms with Gasteiger partial charge in [-0.1, -0.05) is 0 Å². The number of thiazole rings is 1. The largest absolute Gasteiger partial charge is 0.462 e. The number of rotatable bonds is 2. The molecule has 2 aromatic rings. The summed E-state index contributed by atoms with van der Waals surface area (Å²) in [4.78, 5) is 17.9. The standard InChI is InChI=1S/C13H13FN2O2S/c1-8-15-11(7-19-8)12-4-9(6-18-12)13(17)16-3-2-10(14)5-16/h4,6-7,10H,2-3,5H2,1H3/t10-/m0/s1. The number of aryl methyl sites for hydroxylation is 1. The van der Waals surface area contributed by atoms with Crippen LogP contribution in [0.2, 0.25) is 0 Å². The molecule has 100 valence electrons. The topological polar surface area (TPSA) is 46.3 Å². The van der Waals surface area contributed by atoms with Gasteiger partial charge < -0.3 is 9.32 Å². The van der Waals surface area contributed by atoms with Crippen molar-refractivity contribution in [3.05, 3.63) is 28.3 Å². The molecule has 0 radical (unpaired) electrons. The van der Waals surface area contributed by atoms with Gasteiger partial charge in [-0.15, -0.1) is 11.3 Å². The van der Waals surface area contributed by atoms with Crippen LogP contribution in [-0.4, -0.2) is 35.1 Å². The summed E-state index contributed by atoms with van der Waals surface area (Å²) in [5.74, 6) is 0.394. The molecular weight excluding hydrogens is 267 g/mol. The van der Waals surface area contributed by atoms with E-state index in [2.05, 4.69) is 4.98 Å². The van der Waals surface area contributed by atoms with E-state index < -0.39 is 6.17 Å². The number of carbonyl (C=O) groups is 1. The molecule has 6 heteroatoms. The first-order chi connectivity index (χ1) is 9.13. The summed E-state index contributed by atoms with van der Waals surface area (Å²) in [5, 5.41) is 2.83. The SMILES string of the molecule is Cc1nc(-c2cc(C(=O)N3CC[C@H](F)C3)co2)cs1. The van der Waals surface area contributed by atoms with Gasteiger partial charge in [-0.3, -0.25) is 4.79 Å². The van der Waals surface area contributed by atoms with E-state index in [9.17, 15) is 9.18 Å². The summed E-state index contributed by atoms with van der Waals surface area (Å²) in [6, 6.07) is 1.67. The molecule has 1 aliphatic rings. The van der Waals surface area contributed by atoms with E-state index in [0.29, 0.717) is 24.3 Å². The van der Waals surface area contributed by atoms with Crippen molar-refractivity contribution in [2.75, 3.05) is 13.1 Å². The van der Waals surface area contributed by atoms with E-state index in [1.54, 1.807) is 6.07 Å². The first kappa shape index (κ1) is 12.3. The molecule has 0 bridgehead atoms. The summed E-state index contributed by atoms with van der Waals surface area (Å²) in [6.45, 7) is 2.56. The third-order valence-corrected chi connectivity index (χ3v) is 3.91.